The SMILES string of the molecule is C=CC(=O)O.COC(O)COCCOCCOCCOCCOCCOCCOCCOCCOCCOCCOCCOCCOCCO. The molecule has 0 heterocycles. The van der Waals surface area contributed by atoms with Gasteiger partial charge in [-0.1, -0.05) is 6.58 Å². The van der Waals surface area contributed by atoms with Gasteiger partial charge < -0.3 is 81.6 Å². The van der Waals surface area contributed by atoms with Gasteiger partial charge in [0.1, 0.15) is 0 Å². The quantitative estimate of drug-likeness (QED) is 0.0407. The van der Waals surface area contributed by atoms with E-state index in [1.807, 2.05) is 0 Å². The topological polar surface area (TPSA) is 207 Å². The van der Waals surface area contributed by atoms with Crippen LogP contribution in [0.4, 0.5) is 0 Å². The van der Waals surface area contributed by atoms with Gasteiger partial charge in [0.2, 0.25) is 0 Å². The molecule has 0 saturated carbocycles. The average Bonchev–Trinajstić information content (AvgIpc) is 3.12. The summed E-state index contributed by atoms with van der Waals surface area (Å²) in [5.74, 6) is -0.981. The van der Waals surface area contributed by atoms with Gasteiger partial charge in [-0.3, -0.25) is 0 Å². The number of ether oxygens (including phenoxy) is 14. The van der Waals surface area contributed by atoms with Crippen molar-refractivity contribution in [1.82, 2.24) is 0 Å². The Labute approximate surface area is 297 Å². The van der Waals surface area contributed by atoms with Crippen LogP contribution >= 0.6 is 0 Å². The highest BCUT2D eigenvalue weighted by atomic mass is 16.6. The number of aliphatic hydroxyl groups excluding tert-OH is 2. The molecule has 1 unspecified atom stereocenters. The third-order valence-corrected chi connectivity index (χ3v) is 5.41. The Hall–Kier alpha value is -1.43. The molecule has 0 aromatic carbocycles. The monoisotopic (exact) mass is 736 g/mol. The molecule has 50 heavy (non-hydrogen) atoms. The van der Waals surface area contributed by atoms with Crippen molar-refractivity contribution in [2.24, 2.45) is 0 Å². The van der Waals surface area contributed by atoms with Crippen LogP contribution in [0, 0.1) is 0 Å². The fraction of sp³-hybridized carbons (Fsp3) is 0.906. The van der Waals surface area contributed by atoms with Crippen molar-refractivity contribution in [3.05, 3.63) is 12.7 Å². The van der Waals surface area contributed by atoms with E-state index in [1.165, 1.54) is 7.11 Å². The molecule has 3 N–H and O–H groups in total. The Bertz CT molecular complexity index is 648. The fourth-order valence-corrected chi connectivity index (χ4v) is 2.96. The zero-order chi connectivity index (χ0) is 36.9. The maximum atomic E-state index is 9.25. The van der Waals surface area contributed by atoms with Gasteiger partial charge in [0.25, 0.3) is 0 Å². The lowest BCUT2D eigenvalue weighted by Gasteiger charge is -2.10. The summed E-state index contributed by atoms with van der Waals surface area (Å²) >= 11 is 0. The molecule has 0 aliphatic rings. The third-order valence-electron chi connectivity index (χ3n) is 5.41. The molecule has 0 bridgehead atoms. The number of methoxy groups -OCH3 is 1. The predicted octanol–water partition coefficient (Wildman–Crippen LogP) is -0.584. The second-order valence-corrected chi connectivity index (χ2v) is 9.38. The molecule has 0 amide bonds. The lowest BCUT2D eigenvalue weighted by Crippen LogP contribution is -2.19. The molecule has 1 atom stereocenters. The summed E-state index contributed by atoms with van der Waals surface area (Å²) in [4.78, 5) is 9.25. The van der Waals surface area contributed by atoms with Crippen molar-refractivity contribution in [3.63, 3.8) is 0 Å². The van der Waals surface area contributed by atoms with Crippen LogP contribution in [0.5, 0.6) is 0 Å². The van der Waals surface area contributed by atoms with Gasteiger partial charge in [-0.25, -0.2) is 4.79 Å². The van der Waals surface area contributed by atoms with E-state index < -0.39 is 12.3 Å². The number of carbonyl (C=O) groups is 1. The van der Waals surface area contributed by atoms with Crippen LogP contribution in [-0.2, 0) is 71.1 Å². The van der Waals surface area contributed by atoms with E-state index in [0.29, 0.717) is 165 Å². The van der Waals surface area contributed by atoms with E-state index in [9.17, 15) is 4.79 Å². The van der Waals surface area contributed by atoms with Gasteiger partial charge in [-0.05, 0) is 0 Å². The smallest absolute Gasteiger partial charge is 0.327 e. The minimum absolute atomic E-state index is 0.0221. The normalized spacial score (nSPS) is 11.7. The van der Waals surface area contributed by atoms with Crippen LogP contribution in [0.2, 0.25) is 0 Å². The molecule has 0 aliphatic carbocycles. The van der Waals surface area contributed by atoms with E-state index in [4.69, 9.17) is 76.9 Å². The van der Waals surface area contributed by atoms with Crippen LogP contribution in [0.3, 0.4) is 0 Å². The summed E-state index contributed by atoms with van der Waals surface area (Å²) in [7, 11) is 1.41. The van der Waals surface area contributed by atoms with E-state index in [-0.39, 0.29) is 13.2 Å². The van der Waals surface area contributed by atoms with Gasteiger partial charge >= 0.3 is 5.97 Å². The van der Waals surface area contributed by atoms with E-state index >= 15 is 0 Å². The molecule has 0 aromatic heterocycles. The zero-order valence-electron chi connectivity index (χ0n) is 29.9. The first-order chi connectivity index (χ1) is 24.6. The highest BCUT2D eigenvalue weighted by Gasteiger charge is 2.00. The molecule has 300 valence electrons. The van der Waals surface area contributed by atoms with Crippen LogP contribution in [-0.4, -0.2) is 213 Å². The van der Waals surface area contributed by atoms with Gasteiger partial charge in [-0.2, -0.15) is 0 Å². The van der Waals surface area contributed by atoms with Crippen LogP contribution < -0.4 is 0 Å². The van der Waals surface area contributed by atoms with Crippen molar-refractivity contribution in [2.75, 3.05) is 185 Å². The summed E-state index contributed by atoms with van der Waals surface area (Å²) in [5, 5.41) is 25.3. The largest absolute Gasteiger partial charge is 0.478 e. The average molecular weight is 737 g/mol. The van der Waals surface area contributed by atoms with E-state index in [1.54, 1.807) is 0 Å². The molecule has 0 saturated heterocycles. The second kappa shape index (κ2) is 47.6. The first-order valence-corrected chi connectivity index (χ1v) is 16.8. The number of aliphatic hydroxyl groups is 2. The molecule has 18 nitrogen and oxygen atoms in total. The summed E-state index contributed by atoms with van der Waals surface area (Å²) in [6.07, 6.45) is -0.0709. The summed E-state index contributed by atoms with van der Waals surface area (Å²) in [5.41, 5.74) is 0. The molecular weight excluding hydrogens is 672 g/mol. The molecule has 0 aromatic rings. The van der Waals surface area contributed by atoms with Crippen LogP contribution in [0.1, 0.15) is 0 Å². The van der Waals surface area contributed by atoms with Gasteiger partial charge in [0.15, 0.2) is 6.29 Å². The second-order valence-electron chi connectivity index (χ2n) is 9.38. The maximum Gasteiger partial charge on any atom is 0.327 e. The molecule has 0 aliphatic heterocycles. The van der Waals surface area contributed by atoms with E-state index in [0.717, 1.165) is 6.08 Å². The summed E-state index contributed by atoms with van der Waals surface area (Å²) in [6.45, 7) is 15.1. The Morgan fingerprint density at radius 3 is 0.800 bits per heavy atom. The van der Waals surface area contributed by atoms with Crippen molar-refractivity contribution in [1.29, 1.82) is 0 Å². The Morgan fingerprint density at radius 2 is 0.640 bits per heavy atom. The first-order valence-electron chi connectivity index (χ1n) is 16.8. The number of rotatable bonds is 42. The van der Waals surface area contributed by atoms with Gasteiger partial charge in [0, 0.05) is 13.2 Å². The molecule has 0 fully saturated rings. The highest BCUT2D eigenvalue weighted by Crippen LogP contribution is 1.89. The molecule has 0 spiro atoms. The van der Waals surface area contributed by atoms with Gasteiger partial charge in [0.05, 0.1) is 178 Å². The number of hydrogen-bond donors (Lipinski definition) is 3. The lowest BCUT2D eigenvalue weighted by atomic mass is 10.6. The standard InChI is InChI=1S/C29H60O16.C3H4O2/c1-32-29(31)28-45-27-26-44-25-24-43-23-22-42-21-20-41-19-18-40-17-16-39-15-14-38-13-12-37-11-10-36-9-8-35-7-6-34-5-4-33-3-2-30;1-2-3(4)5/h29-31H,2-28H2,1H3;2H,1H2,(H,4,5). The third kappa shape index (κ3) is 50.9. The molecular formula is C32H64O18. The number of aliphatic carboxylic acids is 1. The van der Waals surface area contributed by atoms with Crippen molar-refractivity contribution in [3.8, 4) is 0 Å². The van der Waals surface area contributed by atoms with Crippen molar-refractivity contribution in [2.45, 2.75) is 6.29 Å². The lowest BCUT2D eigenvalue weighted by molar-refractivity contribution is -0.131. The summed E-state index contributed by atoms with van der Waals surface area (Å²) in [6, 6.07) is 0. The molecule has 0 rings (SSSR count). The fourth-order valence-electron chi connectivity index (χ4n) is 2.96. The first kappa shape index (κ1) is 50.7. The molecule has 18 heteroatoms. The minimum Gasteiger partial charge on any atom is -0.478 e. The Balaban J connectivity index is 0. The van der Waals surface area contributed by atoms with E-state index in [2.05, 4.69) is 11.3 Å². The number of carboxylic acids is 1. The zero-order valence-corrected chi connectivity index (χ0v) is 29.9. The number of carboxylic acid groups (broad SMARTS) is 1. The van der Waals surface area contributed by atoms with Crippen molar-refractivity contribution >= 4 is 5.97 Å². The highest BCUT2D eigenvalue weighted by molar-refractivity contribution is 5.78. The Morgan fingerprint density at radius 1 is 0.460 bits per heavy atom. The summed E-state index contributed by atoms with van der Waals surface area (Å²) < 4.78 is 74.5. The maximum absolute atomic E-state index is 9.25. The van der Waals surface area contributed by atoms with Crippen molar-refractivity contribution < 1.29 is 86.4 Å². The number of hydrogen-bond acceptors (Lipinski definition) is 17. The predicted molar refractivity (Wildman–Crippen MR) is 179 cm³/mol. The van der Waals surface area contributed by atoms with Gasteiger partial charge in [-0.15, -0.1) is 0 Å². The molecule has 0 radical (unpaired) electrons. The van der Waals surface area contributed by atoms with Crippen LogP contribution in [0.15, 0.2) is 12.7 Å². The van der Waals surface area contributed by atoms with Crippen LogP contribution in [0.25, 0.3) is 0 Å². The minimum atomic E-state index is -0.981. The Kier molecular flexibility index (Phi) is 48.2.